The SMILES string of the molecule is CCN(CC)C(=O)C(C)Sc1nccn1-c1cccc(C)c1C. The average Bonchev–Trinajstić information content (AvgIpc) is 2.99. The summed E-state index contributed by atoms with van der Waals surface area (Å²) in [6, 6.07) is 6.25. The molecule has 0 fully saturated rings. The van der Waals surface area contributed by atoms with Gasteiger partial charge in [0.1, 0.15) is 0 Å². The number of rotatable bonds is 6. The predicted octanol–water partition coefficient (Wildman–Crippen LogP) is 3.84. The zero-order chi connectivity index (χ0) is 17.0. The average molecular weight is 331 g/mol. The van der Waals surface area contributed by atoms with Crippen molar-refractivity contribution in [2.45, 2.75) is 45.0 Å². The number of hydrogen-bond acceptors (Lipinski definition) is 3. The predicted molar refractivity (Wildman–Crippen MR) is 96.3 cm³/mol. The van der Waals surface area contributed by atoms with Crippen molar-refractivity contribution in [1.82, 2.24) is 14.5 Å². The summed E-state index contributed by atoms with van der Waals surface area (Å²) in [6.07, 6.45) is 3.75. The summed E-state index contributed by atoms with van der Waals surface area (Å²) in [4.78, 5) is 18.8. The Morgan fingerprint density at radius 3 is 2.65 bits per heavy atom. The number of benzene rings is 1. The number of amides is 1. The Hall–Kier alpha value is -1.75. The van der Waals surface area contributed by atoms with Gasteiger partial charge >= 0.3 is 0 Å². The molecule has 0 saturated heterocycles. The highest BCUT2D eigenvalue weighted by atomic mass is 32.2. The van der Waals surface area contributed by atoms with Crippen molar-refractivity contribution >= 4 is 17.7 Å². The number of carbonyl (C=O) groups excluding carboxylic acids is 1. The maximum absolute atomic E-state index is 12.5. The van der Waals surface area contributed by atoms with Crippen LogP contribution in [0.4, 0.5) is 0 Å². The van der Waals surface area contributed by atoms with Crippen LogP contribution in [0.1, 0.15) is 31.9 Å². The third kappa shape index (κ3) is 3.78. The summed E-state index contributed by atoms with van der Waals surface area (Å²) in [5.41, 5.74) is 3.60. The standard InChI is InChI=1S/C18H25N3OS/c1-6-20(7-2)17(22)15(5)23-18-19-11-12-21(18)16-10-8-9-13(3)14(16)4/h8-12,15H,6-7H2,1-5H3. The Bertz CT molecular complexity index is 677. The van der Waals surface area contributed by atoms with Crippen molar-refractivity contribution in [1.29, 1.82) is 0 Å². The van der Waals surface area contributed by atoms with Gasteiger partial charge in [0, 0.05) is 25.5 Å². The molecule has 1 amide bonds. The van der Waals surface area contributed by atoms with Crippen LogP contribution in [0, 0.1) is 13.8 Å². The first-order valence-corrected chi connectivity index (χ1v) is 8.92. The second-order valence-electron chi connectivity index (χ2n) is 5.57. The van der Waals surface area contributed by atoms with Crippen molar-refractivity contribution in [3.63, 3.8) is 0 Å². The van der Waals surface area contributed by atoms with E-state index >= 15 is 0 Å². The second kappa shape index (κ2) is 7.68. The summed E-state index contributed by atoms with van der Waals surface area (Å²) >= 11 is 1.51. The number of aryl methyl sites for hydroxylation is 1. The summed E-state index contributed by atoms with van der Waals surface area (Å²) in [5.74, 6) is 0.163. The molecule has 0 bridgehead atoms. The minimum absolute atomic E-state index is 0.152. The molecule has 1 atom stereocenters. The van der Waals surface area contributed by atoms with Gasteiger partial charge in [0.05, 0.1) is 10.9 Å². The van der Waals surface area contributed by atoms with Crippen molar-refractivity contribution < 1.29 is 4.79 Å². The van der Waals surface area contributed by atoms with E-state index in [1.54, 1.807) is 6.20 Å². The van der Waals surface area contributed by atoms with Crippen LogP contribution < -0.4 is 0 Å². The van der Waals surface area contributed by atoms with E-state index < -0.39 is 0 Å². The van der Waals surface area contributed by atoms with Gasteiger partial charge in [-0.25, -0.2) is 4.98 Å². The largest absolute Gasteiger partial charge is 0.342 e. The Balaban J connectivity index is 2.25. The highest BCUT2D eigenvalue weighted by molar-refractivity contribution is 8.00. The lowest BCUT2D eigenvalue weighted by Gasteiger charge is -2.22. The quantitative estimate of drug-likeness (QED) is 0.755. The summed E-state index contributed by atoms with van der Waals surface area (Å²) in [6.45, 7) is 11.7. The highest BCUT2D eigenvalue weighted by Gasteiger charge is 2.21. The van der Waals surface area contributed by atoms with Gasteiger partial charge in [-0.05, 0) is 51.8 Å². The molecule has 0 radical (unpaired) electrons. The van der Waals surface area contributed by atoms with E-state index in [0.717, 1.165) is 23.9 Å². The summed E-state index contributed by atoms with van der Waals surface area (Å²) < 4.78 is 2.07. The first kappa shape index (κ1) is 17.6. The molecule has 5 heteroatoms. The van der Waals surface area contributed by atoms with Crippen molar-refractivity contribution in [3.05, 3.63) is 41.7 Å². The molecule has 4 nitrogen and oxygen atoms in total. The molecule has 0 aliphatic carbocycles. The lowest BCUT2D eigenvalue weighted by Crippen LogP contribution is -2.36. The molecule has 0 aliphatic heterocycles. The number of nitrogens with zero attached hydrogens (tertiary/aromatic N) is 3. The fourth-order valence-corrected chi connectivity index (χ4v) is 3.52. The summed E-state index contributed by atoms with van der Waals surface area (Å²) in [7, 11) is 0. The molecule has 0 N–H and O–H groups in total. The molecule has 0 aliphatic rings. The first-order valence-electron chi connectivity index (χ1n) is 8.04. The normalized spacial score (nSPS) is 12.2. The van der Waals surface area contributed by atoms with E-state index in [1.165, 1.54) is 22.9 Å². The van der Waals surface area contributed by atoms with Gasteiger partial charge in [0.25, 0.3) is 0 Å². The fourth-order valence-electron chi connectivity index (χ4n) is 2.56. The highest BCUT2D eigenvalue weighted by Crippen LogP contribution is 2.27. The van der Waals surface area contributed by atoms with Crippen LogP contribution in [0.3, 0.4) is 0 Å². The van der Waals surface area contributed by atoms with Crippen LogP contribution >= 0.6 is 11.8 Å². The van der Waals surface area contributed by atoms with Gasteiger partial charge in [0.2, 0.25) is 5.91 Å². The van der Waals surface area contributed by atoms with Gasteiger partial charge in [-0.1, -0.05) is 23.9 Å². The minimum Gasteiger partial charge on any atom is -0.342 e. The molecule has 1 aromatic heterocycles. The van der Waals surface area contributed by atoms with Gasteiger partial charge < -0.3 is 4.90 Å². The Labute approximate surface area is 142 Å². The molecule has 0 saturated carbocycles. The second-order valence-corrected chi connectivity index (χ2v) is 6.88. The van der Waals surface area contributed by atoms with E-state index in [1.807, 2.05) is 31.9 Å². The van der Waals surface area contributed by atoms with Crippen LogP contribution in [0.15, 0.2) is 35.7 Å². The molecule has 124 valence electrons. The number of thioether (sulfide) groups is 1. The van der Waals surface area contributed by atoms with E-state index in [-0.39, 0.29) is 11.2 Å². The lowest BCUT2D eigenvalue weighted by atomic mass is 10.1. The van der Waals surface area contributed by atoms with Gasteiger partial charge in [-0.15, -0.1) is 0 Å². The molecule has 0 spiro atoms. The van der Waals surface area contributed by atoms with Crippen LogP contribution in [0.2, 0.25) is 0 Å². The Kier molecular flexibility index (Phi) is 5.88. The lowest BCUT2D eigenvalue weighted by molar-refractivity contribution is -0.129. The number of imidazole rings is 1. The Morgan fingerprint density at radius 1 is 1.30 bits per heavy atom. The molecular formula is C18H25N3OS. The molecule has 23 heavy (non-hydrogen) atoms. The smallest absolute Gasteiger partial charge is 0.235 e. The number of aromatic nitrogens is 2. The van der Waals surface area contributed by atoms with Crippen molar-refractivity contribution in [2.24, 2.45) is 0 Å². The van der Waals surface area contributed by atoms with E-state index in [0.29, 0.717) is 0 Å². The maximum Gasteiger partial charge on any atom is 0.235 e. The van der Waals surface area contributed by atoms with Crippen LogP contribution in [0.5, 0.6) is 0 Å². The van der Waals surface area contributed by atoms with E-state index in [2.05, 4.69) is 41.6 Å². The maximum atomic E-state index is 12.5. The van der Waals surface area contributed by atoms with Crippen LogP contribution in [-0.2, 0) is 4.79 Å². The van der Waals surface area contributed by atoms with Crippen molar-refractivity contribution in [2.75, 3.05) is 13.1 Å². The van der Waals surface area contributed by atoms with Crippen LogP contribution in [-0.4, -0.2) is 38.7 Å². The molecule has 1 heterocycles. The third-order valence-electron chi connectivity index (χ3n) is 4.15. The van der Waals surface area contributed by atoms with E-state index in [9.17, 15) is 4.79 Å². The topological polar surface area (TPSA) is 38.1 Å². The molecule has 1 aromatic carbocycles. The fraction of sp³-hybridized carbons (Fsp3) is 0.444. The summed E-state index contributed by atoms with van der Waals surface area (Å²) in [5, 5.41) is 0.702. The van der Waals surface area contributed by atoms with E-state index in [4.69, 9.17) is 0 Å². The number of hydrogen-bond donors (Lipinski definition) is 0. The Morgan fingerprint density at radius 2 is 2.00 bits per heavy atom. The van der Waals surface area contributed by atoms with Crippen LogP contribution in [0.25, 0.3) is 5.69 Å². The molecule has 1 unspecified atom stereocenters. The van der Waals surface area contributed by atoms with Crippen molar-refractivity contribution in [3.8, 4) is 5.69 Å². The minimum atomic E-state index is -0.152. The molecule has 2 rings (SSSR count). The number of carbonyl (C=O) groups is 1. The molecular weight excluding hydrogens is 306 g/mol. The zero-order valence-corrected chi connectivity index (χ0v) is 15.4. The first-order chi connectivity index (χ1) is 11.0. The monoisotopic (exact) mass is 331 g/mol. The third-order valence-corrected chi connectivity index (χ3v) is 5.22. The molecule has 2 aromatic rings. The van der Waals surface area contributed by atoms with Gasteiger partial charge in [-0.3, -0.25) is 9.36 Å². The zero-order valence-electron chi connectivity index (χ0n) is 14.5. The van der Waals surface area contributed by atoms with Gasteiger partial charge in [0.15, 0.2) is 5.16 Å². The van der Waals surface area contributed by atoms with Gasteiger partial charge in [-0.2, -0.15) is 0 Å².